The number of carbonyl (C=O) groups is 1. The number of benzene rings is 2. The summed E-state index contributed by atoms with van der Waals surface area (Å²) >= 11 is 7.88. The van der Waals surface area contributed by atoms with Gasteiger partial charge in [0.05, 0.1) is 22.4 Å². The zero-order valence-corrected chi connectivity index (χ0v) is 15.1. The van der Waals surface area contributed by atoms with Crippen LogP contribution in [0.25, 0.3) is 0 Å². The van der Waals surface area contributed by atoms with Crippen LogP contribution >= 0.6 is 23.4 Å². The van der Waals surface area contributed by atoms with Crippen molar-refractivity contribution in [1.29, 1.82) is 0 Å². The third-order valence-electron chi connectivity index (χ3n) is 3.95. The summed E-state index contributed by atoms with van der Waals surface area (Å²) in [7, 11) is 0. The number of ether oxygens (including phenoxy) is 1. The van der Waals surface area contributed by atoms with Crippen molar-refractivity contribution in [3.8, 4) is 0 Å². The van der Waals surface area contributed by atoms with Gasteiger partial charge in [0.2, 0.25) is 0 Å². The number of hydrogen-bond donors (Lipinski definition) is 1. The van der Waals surface area contributed by atoms with E-state index in [4.69, 9.17) is 16.3 Å². The molecule has 1 aliphatic heterocycles. The van der Waals surface area contributed by atoms with Crippen LogP contribution in [0.15, 0.2) is 47.4 Å². The maximum Gasteiger partial charge on any atom is 0.256 e. The van der Waals surface area contributed by atoms with Gasteiger partial charge in [0.15, 0.2) is 0 Å². The second kappa shape index (κ2) is 8.06. The number of nitrogens with one attached hydrogen (secondary N) is 1. The average molecular weight is 362 g/mol. The molecule has 3 nitrogen and oxygen atoms in total. The predicted octanol–water partition coefficient (Wildman–Crippen LogP) is 5.17. The van der Waals surface area contributed by atoms with E-state index < -0.39 is 0 Å². The molecule has 0 saturated carbocycles. The number of anilines is 1. The largest absolute Gasteiger partial charge is 0.377 e. The first kappa shape index (κ1) is 17.3. The first-order valence-electron chi connectivity index (χ1n) is 8.04. The highest BCUT2D eigenvalue weighted by atomic mass is 35.5. The Balaban J connectivity index is 1.72. The standard InChI is InChI=1S/C19H20ClNO2S/c1-13-8-9-17(16(20)11-13)21-19(22)15-6-2-3-7-18(15)24-12-14-5-4-10-23-14/h2-3,6-9,11,14H,4-5,10,12H2,1H3,(H,21,22). The van der Waals surface area contributed by atoms with Gasteiger partial charge in [-0.2, -0.15) is 0 Å². The van der Waals surface area contributed by atoms with Crippen LogP contribution in [0.4, 0.5) is 5.69 Å². The van der Waals surface area contributed by atoms with Crippen molar-refractivity contribution in [2.24, 2.45) is 0 Å². The average Bonchev–Trinajstić information content (AvgIpc) is 3.09. The van der Waals surface area contributed by atoms with Gasteiger partial charge in [0.1, 0.15) is 0 Å². The second-order valence-electron chi connectivity index (χ2n) is 5.88. The van der Waals surface area contributed by atoms with Crippen molar-refractivity contribution in [2.75, 3.05) is 17.7 Å². The first-order valence-corrected chi connectivity index (χ1v) is 9.41. The summed E-state index contributed by atoms with van der Waals surface area (Å²) in [5.41, 5.74) is 2.36. The molecule has 3 rings (SSSR count). The van der Waals surface area contributed by atoms with E-state index in [1.54, 1.807) is 11.8 Å². The van der Waals surface area contributed by atoms with Crippen LogP contribution in [0.5, 0.6) is 0 Å². The Hall–Kier alpha value is -1.49. The SMILES string of the molecule is Cc1ccc(NC(=O)c2ccccc2SCC2CCCO2)c(Cl)c1. The fourth-order valence-corrected chi connectivity index (χ4v) is 4.05. The third kappa shape index (κ3) is 4.32. The lowest BCUT2D eigenvalue weighted by Crippen LogP contribution is -2.14. The third-order valence-corrected chi connectivity index (χ3v) is 5.47. The van der Waals surface area contributed by atoms with Gasteiger partial charge in [-0.1, -0.05) is 29.8 Å². The molecule has 2 aromatic rings. The molecule has 1 saturated heterocycles. The van der Waals surface area contributed by atoms with Crippen LogP contribution in [0, 0.1) is 6.92 Å². The predicted molar refractivity (Wildman–Crippen MR) is 100 cm³/mol. The molecule has 1 aliphatic rings. The van der Waals surface area contributed by atoms with Crippen LogP contribution in [0.2, 0.25) is 5.02 Å². The van der Waals surface area contributed by atoms with Crippen molar-refractivity contribution in [3.63, 3.8) is 0 Å². The lowest BCUT2D eigenvalue weighted by atomic mass is 10.2. The Kier molecular flexibility index (Phi) is 5.82. The maximum absolute atomic E-state index is 12.7. The molecule has 0 bridgehead atoms. The highest BCUT2D eigenvalue weighted by Crippen LogP contribution is 2.28. The monoisotopic (exact) mass is 361 g/mol. The van der Waals surface area contributed by atoms with Crippen LogP contribution in [0.1, 0.15) is 28.8 Å². The molecule has 0 spiro atoms. The molecule has 0 aliphatic carbocycles. The van der Waals surface area contributed by atoms with E-state index in [1.807, 2.05) is 49.4 Å². The minimum absolute atomic E-state index is 0.142. The van der Waals surface area contributed by atoms with Crippen LogP contribution < -0.4 is 5.32 Å². The summed E-state index contributed by atoms with van der Waals surface area (Å²) in [4.78, 5) is 13.6. The molecule has 0 radical (unpaired) electrons. The minimum Gasteiger partial charge on any atom is -0.377 e. The topological polar surface area (TPSA) is 38.3 Å². The number of hydrogen-bond acceptors (Lipinski definition) is 3. The van der Waals surface area contributed by atoms with Crippen LogP contribution in [-0.4, -0.2) is 24.4 Å². The number of amides is 1. The van der Waals surface area contributed by atoms with E-state index in [9.17, 15) is 4.79 Å². The van der Waals surface area contributed by atoms with Gasteiger partial charge in [-0.25, -0.2) is 0 Å². The van der Waals surface area contributed by atoms with E-state index in [0.717, 1.165) is 35.7 Å². The van der Waals surface area contributed by atoms with E-state index in [1.165, 1.54) is 0 Å². The van der Waals surface area contributed by atoms with E-state index in [0.29, 0.717) is 16.3 Å². The molecular weight excluding hydrogens is 342 g/mol. The fourth-order valence-electron chi connectivity index (χ4n) is 2.65. The molecule has 1 amide bonds. The van der Waals surface area contributed by atoms with Crippen molar-refractivity contribution >= 4 is 35.0 Å². The van der Waals surface area contributed by atoms with E-state index in [-0.39, 0.29) is 12.0 Å². The van der Waals surface area contributed by atoms with E-state index in [2.05, 4.69) is 5.32 Å². The van der Waals surface area contributed by atoms with Crippen molar-refractivity contribution < 1.29 is 9.53 Å². The molecule has 0 aromatic heterocycles. The lowest BCUT2D eigenvalue weighted by molar-refractivity contribution is 0.102. The molecule has 1 unspecified atom stereocenters. The first-order chi connectivity index (χ1) is 11.6. The zero-order chi connectivity index (χ0) is 16.9. The molecule has 24 heavy (non-hydrogen) atoms. The maximum atomic E-state index is 12.7. The molecule has 1 atom stereocenters. The van der Waals surface area contributed by atoms with Crippen LogP contribution in [-0.2, 0) is 4.74 Å². The summed E-state index contributed by atoms with van der Waals surface area (Å²) in [6, 6.07) is 13.3. The summed E-state index contributed by atoms with van der Waals surface area (Å²) in [5.74, 6) is 0.728. The molecule has 126 valence electrons. The number of halogens is 1. The molecule has 1 N–H and O–H groups in total. The molecule has 1 fully saturated rings. The number of rotatable bonds is 5. The summed E-state index contributed by atoms with van der Waals surface area (Å²) in [5, 5.41) is 3.46. The van der Waals surface area contributed by atoms with Gasteiger partial charge in [0.25, 0.3) is 5.91 Å². The van der Waals surface area contributed by atoms with Gasteiger partial charge < -0.3 is 10.1 Å². The van der Waals surface area contributed by atoms with Crippen molar-refractivity contribution in [2.45, 2.75) is 30.8 Å². The Morgan fingerprint density at radius 1 is 1.33 bits per heavy atom. The van der Waals surface area contributed by atoms with Gasteiger partial charge in [0, 0.05) is 17.3 Å². The normalized spacial score (nSPS) is 17.0. The van der Waals surface area contributed by atoms with Crippen LogP contribution in [0.3, 0.4) is 0 Å². The molecule has 1 heterocycles. The summed E-state index contributed by atoms with van der Waals surface area (Å²) in [6.45, 7) is 2.81. The Labute approximate surface area is 151 Å². The van der Waals surface area contributed by atoms with Gasteiger partial charge in [-0.15, -0.1) is 11.8 Å². The smallest absolute Gasteiger partial charge is 0.256 e. The summed E-state index contributed by atoms with van der Waals surface area (Å²) < 4.78 is 5.66. The summed E-state index contributed by atoms with van der Waals surface area (Å²) in [6.07, 6.45) is 2.51. The Morgan fingerprint density at radius 3 is 2.92 bits per heavy atom. The fraction of sp³-hybridized carbons (Fsp3) is 0.316. The van der Waals surface area contributed by atoms with Crippen molar-refractivity contribution in [3.05, 3.63) is 58.6 Å². The second-order valence-corrected chi connectivity index (χ2v) is 7.35. The number of aryl methyl sites for hydroxylation is 1. The Bertz CT molecular complexity index is 729. The highest BCUT2D eigenvalue weighted by Gasteiger charge is 2.18. The molecule has 2 aromatic carbocycles. The molecule has 5 heteroatoms. The van der Waals surface area contributed by atoms with Gasteiger partial charge in [-0.3, -0.25) is 4.79 Å². The number of thioether (sulfide) groups is 1. The minimum atomic E-state index is -0.142. The molecular formula is C19H20ClNO2S. The van der Waals surface area contributed by atoms with Gasteiger partial charge in [-0.05, 0) is 49.6 Å². The van der Waals surface area contributed by atoms with Crippen molar-refractivity contribution in [1.82, 2.24) is 0 Å². The van der Waals surface area contributed by atoms with Gasteiger partial charge >= 0.3 is 0 Å². The quantitative estimate of drug-likeness (QED) is 0.746. The Morgan fingerprint density at radius 2 is 2.17 bits per heavy atom. The lowest BCUT2D eigenvalue weighted by Gasteiger charge is -2.13. The number of carbonyl (C=O) groups excluding carboxylic acids is 1. The zero-order valence-electron chi connectivity index (χ0n) is 13.5. The van der Waals surface area contributed by atoms with E-state index >= 15 is 0 Å². The highest BCUT2D eigenvalue weighted by molar-refractivity contribution is 7.99.